The Labute approximate surface area is 138 Å². The van der Waals surface area contributed by atoms with Gasteiger partial charge in [-0.3, -0.25) is 4.98 Å². The molecule has 0 unspecified atom stereocenters. The molecule has 0 aliphatic carbocycles. The summed E-state index contributed by atoms with van der Waals surface area (Å²) in [6.45, 7) is 1.76. The first kappa shape index (κ1) is 14.5. The number of benzene rings is 2. The Kier molecular flexibility index (Phi) is 3.50. The van der Waals surface area contributed by atoms with Crippen LogP contribution in [-0.2, 0) is 0 Å². The highest BCUT2D eigenvalue weighted by molar-refractivity contribution is 5.88. The smallest absolute Gasteiger partial charge is 0.126 e. The third kappa shape index (κ3) is 2.52. The molecule has 0 fully saturated rings. The standard InChI is InChI=1S/C20H14FN3/c1-13-9-15(4-6-18(13)21)20-17(3-2-8-23-20)14-5-7-19-16(10-14)11-22-12-24-19/h2-12H,1H3. The van der Waals surface area contributed by atoms with Gasteiger partial charge in [-0.25, -0.2) is 14.4 Å². The second-order valence-corrected chi connectivity index (χ2v) is 5.66. The van der Waals surface area contributed by atoms with Gasteiger partial charge in [-0.1, -0.05) is 12.1 Å². The fourth-order valence-electron chi connectivity index (χ4n) is 2.81. The van der Waals surface area contributed by atoms with Crippen molar-refractivity contribution in [3.63, 3.8) is 0 Å². The lowest BCUT2D eigenvalue weighted by atomic mass is 9.97. The summed E-state index contributed by atoms with van der Waals surface area (Å²) >= 11 is 0. The van der Waals surface area contributed by atoms with E-state index in [0.29, 0.717) is 5.56 Å². The van der Waals surface area contributed by atoms with Gasteiger partial charge in [-0.05, 0) is 54.4 Å². The van der Waals surface area contributed by atoms with E-state index in [2.05, 4.69) is 15.0 Å². The van der Waals surface area contributed by atoms with Crippen molar-refractivity contribution in [1.29, 1.82) is 0 Å². The number of hydrogen-bond donors (Lipinski definition) is 0. The number of hydrogen-bond acceptors (Lipinski definition) is 3. The number of rotatable bonds is 2. The van der Waals surface area contributed by atoms with Crippen LogP contribution in [0, 0.1) is 12.7 Å². The summed E-state index contributed by atoms with van der Waals surface area (Å²) in [5.74, 6) is -0.209. The molecule has 4 heteroatoms. The fraction of sp³-hybridized carbons (Fsp3) is 0.0500. The molecule has 0 saturated carbocycles. The first-order chi connectivity index (χ1) is 11.7. The van der Waals surface area contributed by atoms with E-state index in [4.69, 9.17) is 0 Å². The van der Waals surface area contributed by atoms with Gasteiger partial charge in [0, 0.05) is 28.9 Å². The fourth-order valence-corrected chi connectivity index (χ4v) is 2.81. The lowest BCUT2D eigenvalue weighted by Crippen LogP contribution is -1.91. The molecule has 0 spiro atoms. The Morgan fingerprint density at radius 2 is 1.79 bits per heavy atom. The molecule has 2 aromatic carbocycles. The van der Waals surface area contributed by atoms with Crippen molar-refractivity contribution >= 4 is 10.9 Å². The zero-order valence-corrected chi connectivity index (χ0v) is 13.1. The first-order valence-electron chi connectivity index (χ1n) is 7.64. The molecule has 0 aliphatic heterocycles. The summed E-state index contributed by atoms with van der Waals surface area (Å²) in [6.07, 6.45) is 5.09. The average molecular weight is 315 g/mol. The van der Waals surface area contributed by atoms with Crippen molar-refractivity contribution in [2.45, 2.75) is 6.92 Å². The summed E-state index contributed by atoms with van der Waals surface area (Å²) in [5, 5.41) is 0.972. The van der Waals surface area contributed by atoms with E-state index in [1.54, 1.807) is 31.7 Å². The SMILES string of the molecule is Cc1cc(-c2ncccc2-c2ccc3ncncc3c2)ccc1F. The van der Waals surface area contributed by atoms with E-state index in [-0.39, 0.29) is 5.82 Å². The van der Waals surface area contributed by atoms with Gasteiger partial charge in [-0.15, -0.1) is 0 Å². The Hall–Kier alpha value is -3.14. The zero-order chi connectivity index (χ0) is 16.5. The predicted octanol–water partition coefficient (Wildman–Crippen LogP) is 4.81. The molecular weight excluding hydrogens is 301 g/mol. The molecule has 0 amide bonds. The third-order valence-corrected chi connectivity index (χ3v) is 4.05. The van der Waals surface area contributed by atoms with Gasteiger partial charge in [0.15, 0.2) is 0 Å². The largest absolute Gasteiger partial charge is 0.256 e. The molecule has 4 rings (SSSR count). The lowest BCUT2D eigenvalue weighted by Gasteiger charge is -2.10. The van der Waals surface area contributed by atoms with Crippen molar-refractivity contribution < 1.29 is 4.39 Å². The monoisotopic (exact) mass is 315 g/mol. The Balaban J connectivity index is 1.90. The van der Waals surface area contributed by atoms with Crippen LogP contribution in [0.5, 0.6) is 0 Å². The minimum atomic E-state index is -0.209. The Morgan fingerprint density at radius 3 is 2.67 bits per heavy atom. The molecule has 0 N–H and O–H groups in total. The molecule has 0 aliphatic rings. The maximum atomic E-state index is 13.6. The van der Waals surface area contributed by atoms with Crippen LogP contribution >= 0.6 is 0 Å². The number of aromatic nitrogens is 3. The van der Waals surface area contributed by atoms with Crippen LogP contribution in [0.1, 0.15) is 5.56 Å². The second-order valence-electron chi connectivity index (χ2n) is 5.66. The maximum absolute atomic E-state index is 13.6. The number of aryl methyl sites for hydroxylation is 1. The molecule has 0 bridgehead atoms. The van der Waals surface area contributed by atoms with E-state index in [1.807, 2.05) is 36.4 Å². The highest BCUT2D eigenvalue weighted by atomic mass is 19.1. The number of nitrogens with zero attached hydrogens (tertiary/aromatic N) is 3. The van der Waals surface area contributed by atoms with E-state index >= 15 is 0 Å². The van der Waals surface area contributed by atoms with Crippen LogP contribution in [0.3, 0.4) is 0 Å². The van der Waals surface area contributed by atoms with Crippen molar-refractivity contribution in [1.82, 2.24) is 15.0 Å². The van der Waals surface area contributed by atoms with Crippen LogP contribution in [0.2, 0.25) is 0 Å². The van der Waals surface area contributed by atoms with Crippen molar-refractivity contribution in [3.05, 3.63) is 78.6 Å². The number of halogens is 1. The third-order valence-electron chi connectivity index (χ3n) is 4.05. The molecule has 116 valence electrons. The first-order valence-corrected chi connectivity index (χ1v) is 7.64. The lowest BCUT2D eigenvalue weighted by molar-refractivity contribution is 0.619. The van der Waals surface area contributed by atoms with Crippen LogP contribution < -0.4 is 0 Å². The molecule has 3 nitrogen and oxygen atoms in total. The molecule has 0 saturated heterocycles. The minimum absolute atomic E-state index is 0.209. The van der Waals surface area contributed by atoms with E-state index in [0.717, 1.165) is 33.3 Å². The van der Waals surface area contributed by atoms with Crippen molar-refractivity contribution in [2.24, 2.45) is 0 Å². The molecule has 24 heavy (non-hydrogen) atoms. The van der Waals surface area contributed by atoms with Gasteiger partial charge in [-0.2, -0.15) is 0 Å². The second kappa shape index (κ2) is 5.81. The summed E-state index contributed by atoms with van der Waals surface area (Å²) < 4.78 is 13.6. The number of pyridine rings is 1. The number of fused-ring (bicyclic) bond motifs is 1. The summed E-state index contributed by atoms with van der Waals surface area (Å²) in [7, 11) is 0. The highest BCUT2D eigenvalue weighted by Gasteiger charge is 2.10. The van der Waals surface area contributed by atoms with Crippen LogP contribution in [-0.4, -0.2) is 15.0 Å². The van der Waals surface area contributed by atoms with Gasteiger partial charge in [0.2, 0.25) is 0 Å². The van der Waals surface area contributed by atoms with Gasteiger partial charge in [0.25, 0.3) is 0 Å². The average Bonchev–Trinajstić information content (AvgIpc) is 2.63. The molecule has 0 atom stereocenters. The van der Waals surface area contributed by atoms with Gasteiger partial charge >= 0.3 is 0 Å². The van der Waals surface area contributed by atoms with Crippen LogP contribution in [0.15, 0.2) is 67.3 Å². The van der Waals surface area contributed by atoms with E-state index in [9.17, 15) is 4.39 Å². The van der Waals surface area contributed by atoms with E-state index in [1.165, 1.54) is 6.07 Å². The summed E-state index contributed by atoms with van der Waals surface area (Å²) in [4.78, 5) is 12.9. The summed E-state index contributed by atoms with van der Waals surface area (Å²) in [6, 6.07) is 15.0. The van der Waals surface area contributed by atoms with Crippen LogP contribution in [0.25, 0.3) is 33.3 Å². The molecule has 2 heterocycles. The zero-order valence-electron chi connectivity index (χ0n) is 13.1. The van der Waals surface area contributed by atoms with E-state index < -0.39 is 0 Å². The topological polar surface area (TPSA) is 38.7 Å². The Morgan fingerprint density at radius 1 is 0.917 bits per heavy atom. The van der Waals surface area contributed by atoms with Gasteiger partial charge in [0.05, 0.1) is 11.2 Å². The quantitative estimate of drug-likeness (QED) is 0.533. The molecule has 0 radical (unpaired) electrons. The highest BCUT2D eigenvalue weighted by Crippen LogP contribution is 2.32. The van der Waals surface area contributed by atoms with Gasteiger partial charge in [0.1, 0.15) is 12.1 Å². The normalized spacial score (nSPS) is 10.9. The predicted molar refractivity (Wildman–Crippen MR) is 92.9 cm³/mol. The summed E-state index contributed by atoms with van der Waals surface area (Å²) in [5.41, 5.74) is 5.26. The van der Waals surface area contributed by atoms with Crippen molar-refractivity contribution in [3.8, 4) is 22.4 Å². The minimum Gasteiger partial charge on any atom is -0.256 e. The van der Waals surface area contributed by atoms with Gasteiger partial charge < -0.3 is 0 Å². The van der Waals surface area contributed by atoms with Crippen molar-refractivity contribution in [2.75, 3.05) is 0 Å². The molecule has 4 aromatic rings. The maximum Gasteiger partial charge on any atom is 0.126 e. The van der Waals surface area contributed by atoms with Crippen LogP contribution in [0.4, 0.5) is 4.39 Å². The molecular formula is C20H14FN3. The Bertz CT molecular complexity index is 1040. The molecule has 2 aromatic heterocycles.